The first-order valence-corrected chi connectivity index (χ1v) is 7.02. The molecule has 0 aliphatic heterocycles. The van der Waals surface area contributed by atoms with E-state index in [2.05, 4.69) is 6.92 Å². The second-order valence-electron chi connectivity index (χ2n) is 4.52. The van der Waals surface area contributed by atoms with Gasteiger partial charge in [0.2, 0.25) is 0 Å². The topological polar surface area (TPSA) is 60.2 Å². The predicted molar refractivity (Wildman–Crippen MR) is 58.9 cm³/mol. The highest BCUT2D eigenvalue weighted by molar-refractivity contribution is 7.92. The maximum atomic E-state index is 11.9. The summed E-state index contributed by atoms with van der Waals surface area (Å²) < 4.78 is 23.9. The Kier molecular flexibility index (Phi) is 3.95. The number of nitrogens with two attached hydrogens (primary N) is 1. The summed E-state index contributed by atoms with van der Waals surface area (Å²) in [4.78, 5) is 0. The van der Waals surface area contributed by atoms with Gasteiger partial charge in [-0.25, -0.2) is 8.42 Å². The van der Waals surface area contributed by atoms with Crippen LogP contribution in [0.3, 0.4) is 0 Å². The first-order valence-electron chi connectivity index (χ1n) is 5.41. The van der Waals surface area contributed by atoms with E-state index in [1.165, 1.54) is 0 Å². The quantitative estimate of drug-likeness (QED) is 0.779. The van der Waals surface area contributed by atoms with Crippen molar-refractivity contribution in [3.8, 4) is 0 Å². The smallest absolute Gasteiger partial charge is 0.156 e. The van der Waals surface area contributed by atoms with Crippen LogP contribution in [0.4, 0.5) is 0 Å². The molecule has 0 aromatic carbocycles. The summed E-state index contributed by atoms with van der Waals surface area (Å²) >= 11 is 0. The summed E-state index contributed by atoms with van der Waals surface area (Å²) in [5, 5.41) is -0.502. The molecule has 0 bridgehead atoms. The van der Waals surface area contributed by atoms with Crippen LogP contribution >= 0.6 is 0 Å². The second-order valence-corrected chi connectivity index (χ2v) is 7.17. The highest BCUT2D eigenvalue weighted by Gasteiger charge is 2.32. The van der Waals surface area contributed by atoms with Crippen LogP contribution in [0.5, 0.6) is 0 Å². The van der Waals surface area contributed by atoms with Crippen molar-refractivity contribution in [2.45, 2.75) is 50.0 Å². The molecule has 1 unspecified atom stereocenters. The molecule has 1 aliphatic rings. The standard InChI is InChI=1S/C10H21NO2S/c1-8-3-5-10(6-4-8)14(12,13)9(2)7-11/h8-10H,3-7,11H2,1-2H3. The van der Waals surface area contributed by atoms with Gasteiger partial charge in [-0.15, -0.1) is 0 Å². The van der Waals surface area contributed by atoms with Gasteiger partial charge in [0, 0.05) is 6.54 Å². The van der Waals surface area contributed by atoms with Crippen LogP contribution in [0.25, 0.3) is 0 Å². The fraction of sp³-hybridized carbons (Fsp3) is 1.00. The van der Waals surface area contributed by atoms with Gasteiger partial charge < -0.3 is 5.73 Å². The van der Waals surface area contributed by atoms with Gasteiger partial charge in [-0.2, -0.15) is 0 Å². The molecule has 0 spiro atoms. The van der Waals surface area contributed by atoms with Crippen molar-refractivity contribution >= 4 is 9.84 Å². The Bertz CT molecular complexity index is 266. The lowest BCUT2D eigenvalue weighted by Gasteiger charge is -2.27. The molecule has 1 rings (SSSR count). The van der Waals surface area contributed by atoms with Crippen LogP contribution < -0.4 is 5.73 Å². The molecule has 0 radical (unpaired) electrons. The van der Waals surface area contributed by atoms with E-state index < -0.39 is 9.84 Å². The summed E-state index contributed by atoms with van der Waals surface area (Å²) in [6, 6.07) is 0. The first kappa shape index (κ1) is 12.0. The zero-order valence-electron chi connectivity index (χ0n) is 9.07. The minimum Gasteiger partial charge on any atom is -0.329 e. The van der Waals surface area contributed by atoms with Gasteiger partial charge in [0.25, 0.3) is 0 Å². The highest BCUT2D eigenvalue weighted by Crippen LogP contribution is 2.29. The van der Waals surface area contributed by atoms with Gasteiger partial charge >= 0.3 is 0 Å². The lowest BCUT2D eigenvalue weighted by atomic mass is 9.91. The monoisotopic (exact) mass is 219 g/mol. The summed E-state index contributed by atoms with van der Waals surface area (Å²) in [6.45, 7) is 4.15. The van der Waals surface area contributed by atoms with Crippen molar-refractivity contribution in [2.75, 3.05) is 6.54 Å². The molecule has 1 saturated carbocycles. The van der Waals surface area contributed by atoms with Crippen molar-refractivity contribution in [1.29, 1.82) is 0 Å². The van der Waals surface area contributed by atoms with E-state index >= 15 is 0 Å². The Morgan fingerprint density at radius 2 is 1.79 bits per heavy atom. The summed E-state index contributed by atoms with van der Waals surface area (Å²) in [5.74, 6) is 0.689. The lowest BCUT2D eigenvalue weighted by molar-refractivity contribution is 0.381. The average molecular weight is 219 g/mol. The largest absolute Gasteiger partial charge is 0.329 e. The second kappa shape index (κ2) is 4.62. The summed E-state index contributed by atoms with van der Waals surface area (Å²) in [5.41, 5.74) is 5.41. The lowest BCUT2D eigenvalue weighted by Crippen LogP contribution is -2.37. The molecule has 1 fully saturated rings. The molecule has 3 nitrogen and oxygen atoms in total. The molecule has 0 heterocycles. The molecular weight excluding hydrogens is 198 g/mol. The van der Waals surface area contributed by atoms with E-state index in [1.54, 1.807) is 6.92 Å². The summed E-state index contributed by atoms with van der Waals surface area (Å²) in [7, 11) is -2.96. The molecule has 14 heavy (non-hydrogen) atoms. The van der Waals surface area contributed by atoms with Crippen molar-refractivity contribution in [2.24, 2.45) is 11.7 Å². The third-order valence-electron chi connectivity index (χ3n) is 3.32. The van der Waals surface area contributed by atoms with Crippen LogP contribution in [0, 0.1) is 5.92 Å². The third-order valence-corrected chi connectivity index (χ3v) is 6.04. The van der Waals surface area contributed by atoms with Gasteiger partial charge in [-0.3, -0.25) is 0 Å². The zero-order chi connectivity index (χ0) is 10.8. The molecule has 1 atom stereocenters. The maximum absolute atomic E-state index is 11.9. The minimum atomic E-state index is -2.96. The SMILES string of the molecule is CC1CCC(S(=O)(=O)C(C)CN)CC1. The molecule has 1 aliphatic carbocycles. The van der Waals surface area contributed by atoms with E-state index in [4.69, 9.17) is 5.73 Å². The Hall–Kier alpha value is -0.0900. The third kappa shape index (κ3) is 2.48. The van der Waals surface area contributed by atoms with Gasteiger partial charge in [-0.05, 0) is 38.5 Å². The number of sulfone groups is 1. The van der Waals surface area contributed by atoms with Crippen LogP contribution in [-0.4, -0.2) is 25.5 Å². The Labute approximate surface area is 87.0 Å². The number of rotatable bonds is 3. The molecule has 0 aromatic heterocycles. The Morgan fingerprint density at radius 1 is 1.29 bits per heavy atom. The first-order chi connectivity index (χ1) is 6.48. The minimum absolute atomic E-state index is 0.128. The van der Waals surface area contributed by atoms with Gasteiger partial charge in [0.1, 0.15) is 0 Å². The normalized spacial score (nSPS) is 31.4. The van der Waals surface area contributed by atoms with Crippen molar-refractivity contribution in [1.82, 2.24) is 0 Å². The predicted octanol–water partition coefficient (Wildman–Crippen LogP) is 1.33. The highest BCUT2D eigenvalue weighted by atomic mass is 32.2. The average Bonchev–Trinajstić information content (AvgIpc) is 2.17. The molecule has 84 valence electrons. The number of hydrogen-bond acceptors (Lipinski definition) is 3. The maximum Gasteiger partial charge on any atom is 0.156 e. The summed E-state index contributed by atoms with van der Waals surface area (Å²) in [6.07, 6.45) is 3.74. The van der Waals surface area contributed by atoms with Gasteiger partial charge in [0.15, 0.2) is 9.84 Å². The zero-order valence-corrected chi connectivity index (χ0v) is 9.89. The number of hydrogen-bond donors (Lipinski definition) is 1. The van der Waals surface area contributed by atoms with Crippen LogP contribution in [0.2, 0.25) is 0 Å². The van der Waals surface area contributed by atoms with E-state index in [0.717, 1.165) is 25.7 Å². The van der Waals surface area contributed by atoms with Gasteiger partial charge in [-0.1, -0.05) is 6.92 Å². The molecule has 0 aromatic rings. The van der Waals surface area contributed by atoms with E-state index in [0.29, 0.717) is 5.92 Å². The van der Waals surface area contributed by atoms with E-state index in [1.807, 2.05) is 0 Å². The van der Waals surface area contributed by atoms with Crippen LogP contribution in [0.15, 0.2) is 0 Å². The fourth-order valence-electron chi connectivity index (χ4n) is 2.02. The molecule has 0 saturated heterocycles. The van der Waals surface area contributed by atoms with Crippen molar-refractivity contribution < 1.29 is 8.42 Å². The Morgan fingerprint density at radius 3 is 2.21 bits per heavy atom. The fourth-order valence-corrected chi connectivity index (χ4v) is 3.88. The van der Waals surface area contributed by atoms with E-state index in [-0.39, 0.29) is 17.0 Å². The van der Waals surface area contributed by atoms with Crippen molar-refractivity contribution in [3.63, 3.8) is 0 Å². The molecule has 4 heteroatoms. The molecular formula is C10H21NO2S. The molecule has 2 N–H and O–H groups in total. The van der Waals surface area contributed by atoms with Crippen LogP contribution in [-0.2, 0) is 9.84 Å². The van der Waals surface area contributed by atoms with E-state index in [9.17, 15) is 8.42 Å². The van der Waals surface area contributed by atoms with Crippen molar-refractivity contribution in [3.05, 3.63) is 0 Å². The van der Waals surface area contributed by atoms with Crippen LogP contribution in [0.1, 0.15) is 39.5 Å². The van der Waals surface area contributed by atoms with Gasteiger partial charge in [0.05, 0.1) is 10.5 Å². The molecule has 0 amide bonds. The Balaban J connectivity index is 2.65.